The molecule has 4 heteroatoms. The van der Waals surface area contributed by atoms with Crippen molar-refractivity contribution in [1.29, 1.82) is 0 Å². The maximum atomic E-state index is 13.7. The van der Waals surface area contributed by atoms with Gasteiger partial charge < -0.3 is 4.90 Å². The lowest BCUT2D eigenvalue weighted by molar-refractivity contribution is -0.118. The molecule has 1 atom stereocenters. The smallest absolute Gasteiger partial charge is 0.241 e. The van der Waals surface area contributed by atoms with Crippen LogP contribution in [0, 0.1) is 5.82 Å². The van der Waals surface area contributed by atoms with Crippen LogP contribution in [0.15, 0.2) is 48.5 Å². The van der Waals surface area contributed by atoms with Crippen molar-refractivity contribution in [2.24, 2.45) is 0 Å². The van der Waals surface area contributed by atoms with Crippen molar-refractivity contribution < 1.29 is 9.18 Å². The summed E-state index contributed by atoms with van der Waals surface area (Å²) in [6, 6.07) is 14.6. The number of anilines is 1. The summed E-state index contributed by atoms with van der Waals surface area (Å²) in [6.45, 7) is 0.717. The van der Waals surface area contributed by atoms with Crippen LogP contribution in [0.3, 0.4) is 0 Å². The minimum Gasteiger partial charge on any atom is -0.311 e. The second-order valence-electron chi connectivity index (χ2n) is 5.49. The van der Waals surface area contributed by atoms with E-state index in [1.54, 1.807) is 18.2 Å². The average Bonchev–Trinajstić information content (AvgIpc) is 2.55. The Kier molecular flexibility index (Phi) is 4.57. The first-order valence-corrected chi connectivity index (χ1v) is 8.35. The Morgan fingerprint density at radius 3 is 2.73 bits per heavy atom. The Morgan fingerprint density at radius 1 is 1.18 bits per heavy atom. The molecule has 0 saturated carbocycles. The van der Waals surface area contributed by atoms with Crippen molar-refractivity contribution >= 4 is 27.5 Å². The third-order valence-corrected chi connectivity index (χ3v) is 4.72. The molecule has 114 valence electrons. The van der Waals surface area contributed by atoms with E-state index in [0.29, 0.717) is 12.0 Å². The van der Waals surface area contributed by atoms with Crippen molar-refractivity contribution in [3.63, 3.8) is 0 Å². The Bertz CT molecular complexity index is 688. The fourth-order valence-electron chi connectivity index (χ4n) is 2.88. The van der Waals surface area contributed by atoms with Crippen LogP contribution in [0.4, 0.5) is 10.1 Å². The van der Waals surface area contributed by atoms with Crippen LogP contribution in [0.25, 0.3) is 0 Å². The van der Waals surface area contributed by atoms with Crippen molar-refractivity contribution in [2.75, 3.05) is 11.4 Å². The van der Waals surface area contributed by atoms with Crippen LogP contribution in [0.2, 0.25) is 0 Å². The van der Waals surface area contributed by atoms with E-state index in [0.717, 1.165) is 25.1 Å². The van der Waals surface area contributed by atoms with Gasteiger partial charge in [0.25, 0.3) is 0 Å². The topological polar surface area (TPSA) is 20.3 Å². The van der Waals surface area contributed by atoms with Crippen LogP contribution in [-0.4, -0.2) is 17.3 Å². The number of rotatable bonds is 3. The number of carbonyl (C=O) groups excluding carboxylic acids is 1. The number of aryl methyl sites for hydroxylation is 1. The molecule has 0 N–H and O–H groups in total. The summed E-state index contributed by atoms with van der Waals surface area (Å²) in [4.78, 5) is 14.1. The van der Waals surface area contributed by atoms with Crippen molar-refractivity contribution in [1.82, 2.24) is 0 Å². The first kappa shape index (κ1) is 15.2. The molecule has 22 heavy (non-hydrogen) atoms. The highest BCUT2D eigenvalue weighted by molar-refractivity contribution is 9.10. The largest absolute Gasteiger partial charge is 0.311 e. The Balaban J connectivity index is 1.78. The van der Waals surface area contributed by atoms with E-state index in [1.807, 2.05) is 23.1 Å². The van der Waals surface area contributed by atoms with Gasteiger partial charge in [-0.1, -0.05) is 52.3 Å². The second-order valence-corrected chi connectivity index (χ2v) is 6.59. The maximum Gasteiger partial charge on any atom is 0.241 e. The van der Waals surface area contributed by atoms with Gasteiger partial charge in [0.2, 0.25) is 5.91 Å². The zero-order valence-electron chi connectivity index (χ0n) is 12.1. The highest BCUT2D eigenvalue weighted by Gasteiger charge is 2.27. The first-order valence-electron chi connectivity index (χ1n) is 7.43. The first-order chi connectivity index (χ1) is 10.7. The van der Waals surface area contributed by atoms with E-state index in [2.05, 4.69) is 22.0 Å². The molecule has 1 aliphatic rings. The van der Waals surface area contributed by atoms with E-state index in [1.165, 1.54) is 11.6 Å². The number of hydrogen-bond acceptors (Lipinski definition) is 1. The molecular formula is C18H17BrFNO. The number of carbonyl (C=O) groups is 1. The number of para-hydroxylation sites is 1. The minimum absolute atomic E-state index is 0.00426. The summed E-state index contributed by atoms with van der Waals surface area (Å²) >= 11 is 3.44. The van der Waals surface area contributed by atoms with Crippen LogP contribution >= 0.6 is 15.9 Å². The van der Waals surface area contributed by atoms with Crippen LogP contribution in [-0.2, 0) is 17.6 Å². The van der Waals surface area contributed by atoms with Gasteiger partial charge >= 0.3 is 0 Å². The Labute approximate surface area is 138 Å². The van der Waals surface area contributed by atoms with Gasteiger partial charge in [0.1, 0.15) is 5.82 Å². The molecule has 0 saturated heterocycles. The molecule has 2 aromatic carbocycles. The third kappa shape index (κ3) is 3.07. The van der Waals surface area contributed by atoms with Crippen molar-refractivity contribution in [3.05, 3.63) is 65.5 Å². The third-order valence-electron chi connectivity index (χ3n) is 4.00. The lowest BCUT2D eigenvalue weighted by atomic mass is 10.0. The second kappa shape index (κ2) is 6.61. The van der Waals surface area contributed by atoms with Crippen LogP contribution < -0.4 is 4.90 Å². The molecule has 1 amide bonds. The van der Waals surface area contributed by atoms with E-state index in [-0.39, 0.29) is 11.7 Å². The maximum absolute atomic E-state index is 13.7. The molecule has 0 bridgehead atoms. The fraction of sp³-hybridized carbons (Fsp3) is 0.278. The summed E-state index contributed by atoms with van der Waals surface area (Å²) in [7, 11) is 0. The molecule has 0 spiro atoms. The zero-order chi connectivity index (χ0) is 15.5. The summed E-state index contributed by atoms with van der Waals surface area (Å²) < 4.78 is 13.7. The number of halogens is 2. The molecule has 3 rings (SSSR count). The molecular weight excluding hydrogens is 345 g/mol. The van der Waals surface area contributed by atoms with E-state index in [9.17, 15) is 9.18 Å². The van der Waals surface area contributed by atoms with E-state index < -0.39 is 4.83 Å². The normalized spacial score (nSPS) is 15.3. The van der Waals surface area contributed by atoms with Crippen molar-refractivity contribution in [2.45, 2.75) is 24.1 Å². The number of amides is 1. The molecule has 2 aromatic rings. The summed E-state index contributed by atoms with van der Waals surface area (Å²) in [5.41, 5.74) is 2.74. The predicted molar refractivity (Wildman–Crippen MR) is 89.9 cm³/mol. The van der Waals surface area contributed by atoms with Crippen LogP contribution in [0.5, 0.6) is 0 Å². The lowest BCUT2D eigenvalue weighted by Crippen LogP contribution is -2.40. The molecule has 0 fully saturated rings. The monoisotopic (exact) mass is 361 g/mol. The minimum atomic E-state index is -0.421. The molecule has 0 aliphatic carbocycles. The average molecular weight is 362 g/mol. The SMILES string of the molecule is O=C(C(Br)Cc1ccccc1F)N1CCCc2ccccc21. The van der Waals surface area contributed by atoms with Gasteiger partial charge in [-0.3, -0.25) is 4.79 Å². The number of alkyl halides is 1. The number of nitrogens with zero attached hydrogens (tertiary/aromatic N) is 1. The van der Waals surface area contributed by atoms with E-state index >= 15 is 0 Å². The number of benzene rings is 2. The van der Waals surface area contributed by atoms with Gasteiger partial charge in [-0.15, -0.1) is 0 Å². The standard InChI is InChI=1S/C18H17BrFNO/c19-15(12-14-7-1-3-9-16(14)20)18(22)21-11-5-8-13-6-2-4-10-17(13)21/h1-4,6-7,9-10,15H,5,8,11-12H2. The van der Waals surface area contributed by atoms with Gasteiger partial charge in [0.15, 0.2) is 0 Å². The quantitative estimate of drug-likeness (QED) is 0.753. The van der Waals surface area contributed by atoms with E-state index in [4.69, 9.17) is 0 Å². The molecule has 2 nitrogen and oxygen atoms in total. The Hall–Kier alpha value is -1.68. The molecule has 1 aliphatic heterocycles. The van der Waals surface area contributed by atoms with Crippen molar-refractivity contribution in [3.8, 4) is 0 Å². The molecule has 1 unspecified atom stereocenters. The highest BCUT2D eigenvalue weighted by Crippen LogP contribution is 2.28. The Morgan fingerprint density at radius 2 is 1.91 bits per heavy atom. The van der Waals surface area contributed by atoms with Gasteiger partial charge in [-0.25, -0.2) is 4.39 Å². The van der Waals surface area contributed by atoms with Gasteiger partial charge in [-0.05, 0) is 42.5 Å². The summed E-state index contributed by atoms with van der Waals surface area (Å²) in [5, 5.41) is 0. The summed E-state index contributed by atoms with van der Waals surface area (Å²) in [6.07, 6.45) is 2.31. The fourth-order valence-corrected chi connectivity index (χ4v) is 3.47. The van der Waals surface area contributed by atoms with Gasteiger partial charge in [-0.2, -0.15) is 0 Å². The molecule has 1 heterocycles. The molecule has 0 radical (unpaired) electrons. The number of fused-ring (bicyclic) bond motifs is 1. The number of hydrogen-bond donors (Lipinski definition) is 0. The predicted octanol–water partition coefficient (Wildman–Crippen LogP) is 4.11. The van der Waals surface area contributed by atoms with Crippen LogP contribution in [0.1, 0.15) is 17.5 Å². The molecule has 0 aromatic heterocycles. The zero-order valence-corrected chi connectivity index (χ0v) is 13.7. The van der Waals surface area contributed by atoms with Gasteiger partial charge in [0, 0.05) is 12.2 Å². The van der Waals surface area contributed by atoms with Gasteiger partial charge in [0.05, 0.1) is 4.83 Å². The lowest BCUT2D eigenvalue weighted by Gasteiger charge is -2.31. The summed E-state index contributed by atoms with van der Waals surface area (Å²) in [5.74, 6) is -0.269. The highest BCUT2D eigenvalue weighted by atomic mass is 79.9.